The fourth-order valence-corrected chi connectivity index (χ4v) is 4.26. The summed E-state index contributed by atoms with van der Waals surface area (Å²) >= 11 is 1.50. The van der Waals surface area contributed by atoms with Crippen LogP contribution in [0.25, 0.3) is 0 Å². The Hall–Kier alpha value is -1.96. The van der Waals surface area contributed by atoms with Crippen LogP contribution in [0.3, 0.4) is 0 Å². The summed E-state index contributed by atoms with van der Waals surface area (Å²) < 4.78 is 5.10. The lowest BCUT2D eigenvalue weighted by Gasteiger charge is -2.35. The van der Waals surface area contributed by atoms with Crippen LogP contribution >= 0.6 is 11.3 Å². The van der Waals surface area contributed by atoms with E-state index < -0.39 is 0 Å². The third-order valence-corrected chi connectivity index (χ3v) is 5.68. The van der Waals surface area contributed by atoms with E-state index in [2.05, 4.69) is 29.2 Å². The zero-order valence-electron chi connectivity index (χ0n) is 15.4. The van der Waals surface area contributed by atoms with Gasteiger partial charge >= 0.3 is 0 Å². The number of ether oxygens (including phenoxy) is 1. The number of hydrogen-bond acceptors (Lipinski definition) is 6. The molecule has 0 spiro atoms. The average Bonchev–Trinajstić information content (AvgIpc) is 3.10. The first kappa shape index (κ1) is 18.8. The Labute approximate surface area is 158 Å². The van der Waals surface area contributed by atoms with E-state index in [-0.39, 0.29) is 5.91 Å². The van der Waals surface area contributed by atoms with Crippen molar-refractivity contribution in [1.82, 2.24) is 4.98 Å². The maximum Gasteiger partial charge on any atom is 0.225 e. The normalized spacial score (nSPS) is 16.4. The predicted octanol–water partition coefficient (Wildman–Crippen LogP) is 2.60. The van der Waals surface area contributed by atoms with E-state index in [1.165, 1.54) is 22.6 Å². The number of hydrogen-bond donors (Lipinski definition) is 1. The number of nitrogens with zero attached hydrogens (tertiary/aromatic N) is 3. The Morgan fingerprint density at radius 1 is 1.46 bits per heavy atom. The Morgan fingerprint density at radius 2 is 2.27 bits per heavy atom. The number of benzene rings is 1. The van der Waals surface area contributed by atoms with Gasteiger partial charge in [-0.25, -0.2) is 4.98 Å². The quantitative estimate of drug-likeness (QED) is 0.807. The highest BCUT2D eigenvalue weighted by Gasteiger charge is 2.24. The highest BCUT2D eigenvalue weighted by atomic mass is 32.1. The van der Waals surface area contributed by atoms with Crippen molar-refractivity contribution in [3.63, 3.8) is 0 Å². The molecule has 3 rings (SSSR count). The Bertz CT molecular complexity index is 749. The van der Waals surface area contributed by atoms with Crippen LogP contribution in [0.2, 0.25) is 0 Å². The van der Waals surface area contributed by atoms with Crippen molar-refractivity contribution < 1.29 is 9.53 Å². The van der Waals surface area contributed by atoms with Gasteiger partial charge in [0.05, 0.1) is 25.4 Å². The molecule has 1 amide bonds. The van der Waals surface area contributed by atoms with E-state index in [0.717, 1.165) is 30.3 Å². The summed E-state index contributed by atoms with van der Waals surface area (Å²) in [5.74, 6) is 0.410. The smallest absolute Gasteiger partial charge is 0.225 e. The molecule has 1 aromatic heterocycles. The van der Waals surface area contributed by atoms with Crippen LogP contribution in [0.1, 0.15) is 30.5 Å². The lowest BCUT2D eigenvalue weighted by Crippen LogP contribution is -2.33. The molecule has 1 aliphatic rings. The molecule has 7 heteroatoms. The molecular formula is C19H26N4O2S. The standard InChI is InChI=1S/C19H26N4O2S/c1-14(24)23(9-10-25-2)19-21-16(13-26-19)12-22-8-7-15(11-20)17-5-3-4-6-18(17)22/h3-6,13,15H,7-12,20H2,1-2H3. The Balaban J connectivity index is 1.76. The molecule has 1 unspecified atom stereocenters. The van der Waals surface area contributed by atoms with Crippen LogP contribution in [0.15, 0.2) is 29.6 Å². The third-order valence-electron chi connectivity index (χ3n) is 4.77. The number of thiazole rings is 1. The molecule has 1 aromatic carbocycles. The number of anilines is 2. The second-order valence-corrected chi connectivity index (χ2v) is 7.32. The van der Waals surface area contributed by atoms with E-state index in [4.69, 9.17) is 15.5 Å². The molecule has 140 valence electrons. The maximum atomic E-state index is 11.9. The molecule has 0 fully saturated rings. The number of nitrogens with two attached hydrogens (primary N) is 1. The van der Waals surface area contributed by atoms with Crippen LogP contribution in [-0.4, -0.2) is 44.2 Å². The number of para-hydroxylation sites is 1. The summed E-state index contributed by atoms with van der Waals surface area (Å²) in [7, 11) is 1.63. The molecule has 0 radical (unpaired) electrons. The van der Waals surface area contributed by atoms with Gasteiger partial charge in [0.15, 0.2) is 5.13 Å². The summed E-state index contributed by atoms with van der Waals surface area (Å²) in [6.07, 6.45) is 1.05. The highest BCUT2D eigenvalue weighted by Crippen LogP contribution is 2.35. The molecule has 0 saturated heterocycles. The highest BCUT2D eigenvalue weighted by molar-refractivity contribution is 7.14. The van der Waals surface area contributed by atoms with Crippen molar-refractivity contribution in [3.05, 3.63) is 40.9 Å². The van der Waals surface area contributed by atoms with Crippen molar-refractivity contribution >= 4 is 28.1 Å². The van der Waals surface area contributed by atoms with Crippen molar-refractivity contribution in [2.24, 2.45) is 5.73 Å². The zero-order chi connectivity index (χ0) is 18.5. The number of amides is 1. The second kappa shape index (κ2) is 8.62. The first-order valence-corrected chi connectivity index (χ1v) is 9.77. The number of fused-ring (bicyclic) bond motifs is 1. The van der Waals surface area contributed by atoms with Crippen LogP contribution in [0.5, 0.6) is 0 Å². The van der Waals surface area contributed by atoms with Crippen LogP contribution in [0.4, 0.5) is 10.8 Å². The molecule has 0 bridgehead atoms. The minimum Gasteiger partial charge on any atom is -0.383 e. The van der Waals surface area contributed by atoms with Gasteiger partial charge in [-0.2, -0.15) is 0 Å². The molecule has 2 N–H and O–H groups in total. The summed E-state index contributed by atoms with van der Waals surface area (Å²) in [6, 6.07) is 8.48. The van der Waals surface area contributed by atoms with Crippen LogP contribution in [-0.2, 0) is 16.1 Å². The fraction of sp³-hybridized carbons (Fsp3) is 0.474. The second-order valence-electron chi connectivity index (χ2n) is 6.49. The molecule has 2 aromatic rings. The summed E-state index contributed by atoms with van der Waals surface area (Å²) in [6.45, 7) is 4.95. The summed E-state index contributed by atoms with van der Waals surface area (Å²) in [5, 5.41) is 2.77. The Morgan fingerprint density at radius 3 is 3.00 bits per heavy atom. The molecule has 6 nitrogen and oxygen atoms in total. The van der Waals surface area contributed by atoms with Gasteiger partial charge in [-0.3, -0.25) is 9.69 Å². The van der Waals surface area contributed by atoms with Crippen molar-refractivity contribution in [3.8, 4) is 0 Å². The van der Waals surface area contributed by atoms with E-state index in [1.807, 2.05) is 5.38 Å². The first-order chi connectivity index (χ1) is 12.6. The first-order valence-electron chi connectivity index (χ1n) is 8.89. The number of methoxy groups -OCH3 is 1. The van der Waals surface area contributed by atoms with Gasteiger partial charge in [-0.15, -0.1) is 11.3 Å². The maximum absolute atomic E-state index is 11.9. The number of rotatable bonds is 7. The van der Waals surface area contributed by atoms with Crippen LogP contribution in [0, 0.1) is 0 Å². The van der Waals surface area contributed by atoms with Gasteiger partial charge < -0.3 is 15.4 Å². The van der Waals surface area contributed by atoms with Gasteiger partial charge in [-0.05, 0) is 30.5 Å². The molecule has 0 saturated carbocycles. The predicted molar refractivity (Wildman–Crippen MR) is 106 cm³/mol. The molecule has 0 aliphatic carbocycles. The van der Waals surface area contributed by atoms with E-state index in [0.29, 0.717) is 25.6 Å². The summed E-state index contributed by atoms with van der Waals surface area (Å²) in [4.78, 5) is 20.6. The molecule has 2 heterocycles. The number of carbonyl (C=O) groups excluding carboxylic acids is 1. The lowest BCUT2D eigenvalue weighted by atomic mass is 9.90. The largest absolute Gasteiger partial charge is 0.383 e. The minimum atomic E-state index is -0.0166. The minimum absolute atomic E-state index is 0.0166. The van der Waals surface area contributed by atoms with Gasteiger partial charge in [0.1, 0.15) is 0 Å². The van der Waals surface area contributed by atoms with Crippen molar-refractivity contribution in [2.45, 2.75) is 25.8 Å². The van der Waals surface area contributed by atoms with Gasteiger partial charge in [0, 0.05) is 31.6 Å². The molecule has 26 heavy (non-hydrogen) atoms. The van der Waals surface area contributed by atoms with Gasteiger partial charge in [0.2, 0.25) is 5.91 Å². The topological polar surface area (TPSA) is 71.7 Å². The lowest BCUT2D eigenvalue weighted by molar-refractivity contribution is -0.116. The van der Waals surface area contributed by atoms with Crippen molar-refractivity contribution in [2.75, 3.05) is 43.2 Å². The van der Waals surface area contributed by atoms with Gasteiger partial charge in [0.25, 0.3) is 0 Å². The molecular weight excluding hydrogens is 348 g/mol. The van der Waals surface area contributed by atoms with E-state index in [9.17, 15) is 4.79 Å². The molecule has 1 aliphatic heterocycles. The SMILES string of the molecule is COCCN(C(C)=O)c1nc(CN2CCC(CN)c3ccccc32)cs1. The van der Waals surface area contributed by atoms with E-state index in [1.54, 1.807) is 18.9 Å². The Kier molecular flexibility index (Phi) is 6.24. The zero-order valence-corrected chi connectivity index (χ0v) is 16.2. The summed E-state index contributed by atoms with van der Waals surface area (Å²) in [5.41, 5.74) is 9.49. The average molecular weight is 375 g/mol. The van der Waals surface area contributed by atoms with E-state index >= 15 is 0 Å². The van der Waals surface area contributed by atoms with Crippen LogP contribution < -0.4 is 15.5 Å². The fourth-order valence-electron chi connectivity index (χ4n) is 3.38. The molecule has 1 atom stereocenters. The number of carbonyl (C=O) groups is 1. The van der Waals surface area contributed by atoms with Gasteiger partial charge in [-0.1, -0.05) is 18.2 Å². The monoisotopic (exact) mass is 374 g/mol. The third kappa shape index (κ3) is 4.06. The van der Waals surface area contributed by atoms with Crippen molar-refractivity contribution in [1.29, 1.82) is 0 Å². The number of aromatic nitrogens is 1.